The zero-order valence-electron chi connectivity index (χ0n) is 14.8. The topological polar surface area (TPSA) is 74.8 Å². The SMILES string of the molecule is O=C1C=CC(=O)N1CC(c1ccccc1)(c1ccccc1)N1C(=O)C=CC1=O. The molecule has 4 rings (SSSR count). The standard InChI is InChI=1S/C22H16N2O4/c25-18-11-12-19(26)23(18)15-22(16-7-3-1-4-8-16,17-9-5-2-6-10-17)24-20(27)13-14-21(24)28/h1-14H,15H2. The number of hydrogen-bond acceptors (Lipinski definition) is 4. The van der Waals surface area contributed by atoms with E-state index in [4.69, 9.17) is 0 Å². The summed E-state index contributed by atoms with van der Waals surface area (Å²) >= 11 is 0. The van der Waals surface area contributed by atoms with Crippen LogP contribution in [-0.4, -0.2) is 40.0 Å². The van der Waals surface area contributed by atoms with Gasteiger partial charge in [0, 0.05) is 24.3 Å². The Morgan fingerprint density at radius 3 is 1.39 bits per heavy atom. The van der Waals surface area contributed by atoms with Crippen molar-refractivity contribution in [3.8, 4) is 0 Å². The number of rotatable bonds is 5. The molecule has 28 heavy (non-hydrogen) atoms. The third-order valence-corrected chi connectivity index (χ3v) is 4.98. The molecule has 138 valence electrons. The lowest BCUT2D eigenvalue weighted by Crippen LogP contribution is -2.57. The largest absolute Gasteiger partial charge is 0.272 e. The molecule has 0 bridgehead atoms. The van der Waals surface area contributed by atoms with Gasteiger partial charge < -0.3 is 0 Å². The fraction of sp³-hybridized carbons (Fsp3) is 0.0909. The Morgan fingerprint density at radius 1 is 0.571 bits per heavy atom. The summed E-state index contributed by atoms with van der Waals surface area (Å²) in [5.41, 5.74) is -0.101. The highest BCUT2D eigenvalue weighted by atomic mass is 16.2. The average Bonchev–Trinajstić information content (AvgIpc) is 3.23. The van der Waals surface area contributed by atoms with Gasteiger partial charge in [-0.15, -0.1) is 0 Å². The Balaban J connectivity index is 1.97. The van der Waals surface area contributed by atoms with E-state index in [-0.39, 0.29) is 6.54 Å². The Hall–Kier alpha value is -3.80. The number of imide groups is 2. The van der Waals surface area contributed by atoms with Gasteiger partial charge in [0.1, 0.15) is 5.54 Å². The van der Waals surface area contributed by atoms with Gasteiger partial charge in [-0.3, -0.25) is 29.0 Å². The molecule has 2 aliphatic rings. The lowest BCUT2D eigenvalue weighted by atomic mass is 9.80. The van der Waals surface area contributed by atoms with Gasteiger partial charge >= 0.3 is 0 Å². The summed E-state index contributed by atoms with van der Waals surface area (Å²) in [4.78, 5) is 52.3. The van der Waals surface area contributed by atoms with E-state index in [0.29, 0.717) is 11.1 Å². The van der Waals surface area contributed by atoms with Crippen LogP contribution in [-0.2, 0) is 24.7 Å². The number of nitrogens with zero attached hydrogens (tertiary/aromatic N) is 2. The molecule has 0 fully saturated rings. The van der Waals surface area contributed by atoms with Crippen LogP contribution in [0.2, 0.25) is 0 Å². The van der Waals surface area contributed by atoms with Crippen molar-refractivity contribution >= 4 is 23.6 Å². The minimum atomic E-state index is -1.35. The van der Waals surface area contributed by atoms with Crippen molar-refractivity contribution in [2.45, 2.75) is 5.54 Å². The molecule has 0 atom stereocenters. The summed E-state index contributed by atoms with van der Waals surface area (Å²) in [6, 6.07) is 17.9. The molecule has 4 amide bonds. The van der Waals surface area contributed by atoms with Gasteiger partial charge in [0.05, 0.1) is 6.54 Å². The maximum absolute atomic E-state index is 12.7. The van der Waals surface area contributed by atoms with E-state index >= 15 is 0 Å². The smallest absolute Gasteiger partial charge is 0.254 e. The zero-order valence-corrected chi connectivity index (χ0v) is 14.8. The Labute approximate surface area is 161 Å². The molecule has 0 radical (unpaired) electrons. The monoisotopic (exact) mass is 372 g/mol. The molecule has 0 saturated carbocycles. The lowest BCUT2D eigenvalue weighted by Gasteiger charge is -2.43. The molecular weight excluding hydrogens is 356 g/mol. The normalized spacial score (nSPS) is 16.6. The van der Waals surface area contributed by atoms with E-state index in [9.17, 15) is 19.2 Å². The van der Waals surface area contributed by atoms with Gasteiger partial charge in [-0.2, -0.15) is 0 Å². The lowest BCUT2D eigenvalue weighted by molar-refractivity contribution is -0.149. The number of carbonyl (C=O) groups is 4. The van der Waals surface area contributed by atoms with Crippen LogP contribution in [0.25, 0.3) is 0 Å². The van der Waals surface area contributed by atoms with Gasteiger partial charge in [0.2, 0.25) is 0 Å². The van der Waals surface area contributed by atoms with Gasteiger partial charge in [-0.1, -0.05) is 60.7 Å². The van der Waals surface area contributed by atoms with Crippen LogP contribution in [0.3, 0.4) is 0 Å². The summed E-state index contributed by atoms with van der Waals surface area (Å²) < 4.78 is 0. The molecule has 0 aromatic heterocycles. The van der Waals surface area contributed by atoms with Gasteiger partial charge in [-0.05, 0) is 11.1 Å². The number of amides is 4. The third-order valence-electron chi connectivity index (χ3n) is 4.98. The second kappa shape index (κ2) is 6.74. The van der Waals surface area contributed by atoms with Crippen molar-refractivity contribution in [2.24, 2.45) is 0 Å². The molecule has 6 nitrogen and oxygen atoms in total. The van der Waals surface area contributed by atoms with Crippen molar-refractivity contribution in [3.05, 3.63) is 96.1 Å². The van der Waals surface area contributed by atoms with Crippen molar-refractivity contribution in [3.63, 3.8) is 0 Å². The van der Waals surface area contributed by atoms with E-state index in [1.807, 2.05) is 12.1 Å². The maximum atomic E-state index is 12.7. The molecule has 2 aromatic rings. The van der Waals surface area contributed by atoms with Crippen LogP contribution in [0, 0.1) is 0 Å². The summed E-state index contributed by atoms with van der Waals surface area (Å²) in [7, 11) is 0. The van der Waals surface area contributed by atoms with E-state index in [2.05, 4.69) is 0 Å². The summed E-state index contributed by atoms with van der Waals surface area (Å²) in [5.74, 6) is -1.95. The van der Waals surface area contributed by atoms with Crippen LogP contribution >= 0.6 is 0 Å². The summed E-state index contributed by atoms with van der Waals surface area (Å²) in [6.45, 7) is -0.176. The zero-order chi connectivity index (χ0) is 19.7. The molecule has 2 heterocycles. The van der Waals surface area contributed by atoms with Crippen LogP contribution in [0.15, 0.2) is 85.0 Å². The minimum Gasteiger partial charge on any atom is -0.272 e. The molecule has 0 N–H and O–H groups in total. The van der Waals surface area contributed by atoms with Crippen molar-refractivity contribution in [1.29, 1.82) is 0 Å². The van der Waals surface area contributed by atoms with Crippen LogP contribution in [0.4, 0.5) is 0 Å². The fourth-order valence-corrected chi connectivity index (χ4v) is 3.70. The minimum absolute atomic E-state index is 0.176. The molecule has 0 spiro atoms. The van der Waals surface area contributed by atoms with Crippen LogP contribution < -0.4 is 0 Å². The fourth-order valence-electron chi connectivity index (χ4n) is 3.70. The highest BCUT2D eigenvalue weighted by Gasteiger charge is 2.49. The molecule has 2 aromatic carbocycles. The molecule has 2 aliphatic heterocycles. The average molecular weight is 372 g/mol. The molecule has 0 aliphatic carbocycles. The summed E-state index contributed by atoms with van der Waals surface area (Å²) in [6.07, 6.45) is 4.79. The van der Waals surface area contributed by atoms with E-state index < -0.39 is 29.2 Å². The number of carbonyl (C=O) groups excluding carboxylic acids is 4. The predicted molar refractivity (Wildman–Crippen MR) is 101 cm³/mol. The van der Waals surface area contributed by atoms with Gasteiger partial charge in [0.15, 0.2) is 0 Å². The van der Waals surface area contributed by atoms with Gasteiger partial charge in [0.25, 0.3) is 23.6 Å². The second-order valence-electron chi connectivity index (χ2n) is 6.53. The quantitative estimate of drug-likeness (QED) is 0.750. The van der Waals surface area contributed by atoms with Crippen molar-refractivity contribution in [2.75, 3.05) is 6.54 Å². The van der Waals surface area contributed by atoms with Crippen molar-refractivity contribution < 1.29 is 19.2 Å². The van der Waals surface area contributed by atoms with Crippen LogP contribution in [0.5, 0.6) is 0 Å². The van der Waals surface area contributed by atoms with Crippen molar-refractivity contribution in [1.82, 2.24) is 9.80 Å². The van der Waals surface area contributed by atoms with E-state index in [1.165, 1.54) is 24.3 Å². The first kappa shape index (κ1) is 17.6. The van der Waals surface area contributed by atoms with E-state index in [0.717, 1.165) is 9.80 Å². The maximum Gasteiger partial charge on any atom is 0.254 e. The molecule has 0 unspecified atom stereocenters. The second-order valence-corrected chi connectivity index (χ2v) is 6.53. The first-order valence-electron chi connectivity index (χ1n) is 8.75. The first-order chi connectivity index (χ1) is 13.5. The molecule has 6 heteroatoms. The third kappa shape index (κ3) is 2.66. The van der Waals surface area contributed by atoms with E-state index in [1.54, 1.807) is 48.5 Å². The highest BCUT2D eigenvalue weighted by molar-refractivity contribution is 6.15. The Bertz CT molecular complexity index is 950. The number of hydrogen-bond donors (Lipinski definition) is 0. The van der Waals surface area contributed by atoms with Gasteiger partial charge in [-0.25, -0.2) is 0 Å². The summed E-state index contributed by atoms with van der Waals surface area (Å²) in [5, 5.41) is 0. The van der Waals surface area contributed by atoms with Crippen LogP contribution in [0.1, 0.15) is 11.1 Å². The number of benzene rings is 2. The Kier molecular flexibility index (Phi) is 4.24. The predicted octanol–water partition coefficient (Wildman–Crippen LogP) is 1.78. The highest BCUT2D eigenvalue weighted by Crippen LogP contribution is 2.39. The Morgan fingerprint density at radius 2 is 0.964 bits per heavy atom. The first-order valence-corrected chi connectivity index (χ1v) is 8.75. The molecular formula is C22H16N2O4. The molecule has 0 saturated heterocycles.